The fraction of sp³-hybridized carbons (Fsp3) is 0.133. The zero-order chi connectivity index (χ0) is 14.8. The molecule has 0 fully saturated rings. The van der Waals surface area contributed by atoms with Gasteiger partial charge in [-0.2, -0.15) is 0 Å². The van der Waals surface area contributed by atoms with Gasteiger partial charge in [0.05, 0.1) is 29.0 Å². The number of fused-ring (bicyclic) bond motifs is 1. The highest BCUT2D eigenvalue weighted by Crippen LogP contribution is 2.20. The quantitative estimate of drug-likeness (QED) is 0.588. The lowest BCUT2D eigenvalue weighted by atomic mass is 10.2. The van der Waals surface area contributed by atoms with E-state index in [-0.39, 0.29) is 5.69 Å². The Bertz CT molecular complexity index is 793. The summed E-state index contributed by atoms with van der Waals surface area (Å²) in [7, 11) is 0. The summed E-state index contributed by atoms with van der Waals surface area (Å²) in [6.07, 6.45) is 1.68. The van der Waals surface area contributed by atoms with Gasteiger partial charge < -0.3 is 9.88 Å². The highest BCUT2D eigenvalue weighted by atomic mass is 16.6. The van der Waals surface area contributed by atoms with E-state index in [1.165, 1.54) is 11.6 Å². The van der Waals surface area contributed by atoms with Crippen LogP contribution in [0, 0.1) is 17.0 Å². The first kappa shape index (κ1) is 13.1. The Labute approximate surface area is 121 Å². The van der Waals surface area contributed by atoms with Crippen molar-refractivity contribution in [2.75, 3.05) is 5.32 Å². The molecule has 0 unspecified atom stereocenters. The fourth-order valence-corrected chi connectivity index (χ4v) is 2.13. The molecule has 106 valence electrons. The maximum atomic E-state index is 10.8. The second-order valence-corrected chi connectivity index (χ2v) is 4.85. The summed E-state index contributed by atoms with van der Waals surface area (Å²) in [5, 5.41) is 14.1. The number of anilines is 1. The number of hydrogen-bond donors (Lipinski definition) is 1. The van der Waals surface area contributed by atoms with E-state index in [1.807, 2.05) is 35.8 Å². The Kier molecular flexibility index (Phi) is 3.27. The number of hydrogen-bond acceptors (Lipinski definition) is 4. The van der Waals surface area contributed by atoms with Crippen LogP contribution in [-0.4, -0.2) is 14.5 Å². The molecule has 0 aliphatic carbocycles. The minimum Gasteiger partial charge on any atom is -0.367 e. The van der Waals surface area contributed by atoms with Crippen molar-refractivity contribution in [1.29, 1.82) is 0 Å². The minimum atomic E-state index is -0.399. The summed E-state index contributed by atoms with van der Waals surface area (Å²) in [5.41, 5.74) is 3.74. The van der Waals surface area contributed by atoms with Crippen LogP contribution in [0.5, 0.6) is 0 Å². The molecule has 1 aromatic heterocycles. The summed E-state index contributed by atoms with van der Waals surface area (Å²) >= 11 is 0. The summed E-state index contributed by atoms with van der Waals surface area (Å²) in [5.74, 6) is 0. The van der Waals surface area contributed by atoms with Crippen LogP contribution in [0.4, 0.5) is 11.4 Å². The predicted molar refractivity (Wildman–Crippen MR) is 81.2 cm³/mol. The van der Waals surface area contributed by atoms with Crippen molar-refractivity contribution in [3.63, 3.8) is 0 Å². The van der Waals surface area contributed by atoms with Gasteiger partial charge in [-0.25, -0.2) is 4.98 Å². The van der Waals surface area contributed by atoms with Gasteiger partial charge in [0.25, 0.3) is 5.69 Å². The van der Waals surface area contributed by atoms with Gasteiger partial charge in [0, 0.05) is 17.8 Å². The molecule has 0 saturated carbocycles. The van der Waals surface area contributed by atoms with E-state index in [9.17, 15) is 10.1 Å². The lowest BCUT2D eigenvalue weighted by Crippen LogP contribution is -2.06. The first-order valence-electron chi connectivity index (χ1n) is 6.53. The summed E-state index contributed by atoms with van der Waals surface area (Å²) < 4.78 is 1.85. The number of aromatic nitrogens is 2. The van der Waals surface area contributed by atoms with Crippen molar-refractivity contribution in [3.05, 3.63) is 64.5 Å². The van der Waals surface area contributed by atoms with Crippen molar-refractivity contribution >= 4 is 22.4 Å². The van der Waals surface area contributed by atoms with Gasteiger partial charge in [-0.15, -0.1) is 0 Å². The molecule has 6 nitrogen and oxygen atoms in total. The second-order valence-electron chi connectivity index (χ2n) is 4.85. The van der Waals surface area contributed by atoms with E-state index >= 15 is 0 Å². The smallest absolute Gasteiger partial charge is 0.271 e. The largest absolute Gasteiger partial charge is 0.367 e. The third kappa shape index (κ3) is 2.69. The number of rotatable bonds is 4. The van der Waals surface area contributed by atoms with Gasteiger partial charge >= 0.3 is 0 Å². The molecule has 0 atom stereocenters. The maximum Gasteiger partial charge on any atom is 0.271 e. The van der Waals surface area contributed by atoms with Crippen molar-refractivity contribution in [1.82, 2.24) is 9.55 Å². The molecule has 2 aromatic carbocycles. The van der Waals surface area contributed by atoms with Crippen molar-refractivity contribution in [2.45, 2.75) is 13.6 Å². The minimum absolute atomic E-state index is 0.0691. The SMILES string of the molecule is Cc1ccc(NCn2cnc3ccc([N+](=O)[O-])cc32)cc1. The average molecular weight is 282 g/mol. The first-order valence-corrected chi connectivity index (χ1v) is 6.53. The van der Waals surface area contributed by atoms with Crippen LogP contribution in [-0.2, 0) is 6.67 Å². The van der Waals surface area contributed by atoms with E-state index in [0.29, 0.717) is 6.67 Å². The Morgan fingerprint density at radius 1 is 1.24 bits per heavy atom. The number of nitrogens with zero attached hydrogens (tertiary/aromatic N) is 3. The van der Waals surface area contributed by atoms with Gasteiger partial charge in [-0.05, 0) is 25.1 Å². The normalized spacial score (nSPS) is 10.7. The zero-order valence-corrected chi connectivity index (χ0v) is 11.5. The maximum absolute atomic E-state index is 10.8. The molecule has 0 amide bonds. The Hall–Kier alpha value is -2.89. The Morgan fingerprint density at radius 3 is 2.71 bits per heavy atom. The number of nitrogens with one attached hydrogen (secondary N) is 1. The number of aryl methyl sites for hydroxylation is 1. The predicted octanol–water partition coefficient (Wildman–Crippen LogP) is 3.32. The van der Waals surface area contributed by atoms with Crippen LogP contribution >= 0.6 is 0 Å². The first-order chi connectivity index (χ1) is 10.1. The number of nitro groups is 1. The molecular weight excluding hydrogens is 268 g/mol. The highest BCUT2D eigenvalue weighted by Gasteiger charge is 2.09. The topological polar surface area (TPSA) is 73.0 Å². The third-order valence-electron chi connectivity index (χ3n) is 3.32. The Balaban J connectivity index is 1.84. The van der Waals surface area contributed by atoms with Crippen LogP contribution in [0.25, 0.3) is 11.0 Å². The van der Waals surface area contributed by atoms with Crippen LogP contribution in [0.3, 0.4) is 0 Å². The standard InChI is InChI=1S/C15H14N4O2/c1-11-2-4-12(5-3-11)16-9-18-10-17-14-7-6-13(19(20)21)8-15(14)18/h2-8,10,16H,9H2,1H3. The van der Waals surface area contributed by atoms with E-state index in [4.69, 9.17) is 0 Å². The molecular formula is C15H14N4O2. The molecule has 1 heterocycles. The monoisotopic (exact) mass is 282 g/mol. The lowest BCUT2D eigenvalue weighted by molar-refractivity contribution is -0.384. The molecule has 0 saturated heterocycles. The van der Waals surface area contributed by atoms with Crippen LogP contribution in [0.15, 0.2) is 48.8 Å². The molecule has 3 rings (SSSR count). The molecule has 0 aliphatic heterocycles. The van der Waals surface area contributed by atoms with Crippen molar-refractivity contribution in [3.8, 4) is 0 Å². The highest BCUT2D eigenvalue weighted by molar-refractivity contribution is 5.78. The number of imidazole rings is 1. The summed E-state index contributed by atoms with van der Waals surface area (Å²) in [6.45, 7) is 2.53. The van der Waals surface area contributed by atoms with Crippen LogP contribution in [0.1, 0.15) is 5.56 Å². The van der Waals surface area contributed by atoms with E-state index in [2.05, 4.69) is 10.3 Å². The van der Waals surface area contributed by atoms with Crippen molar-refractivity contribution < 1.29 is 4.92 Å². The molecule has 0 spiro atoms. The summed E-state index contributed by atoms with van der Waals surface area (Å²) in [6, 6.07) is 12.7. The van der Waals surface area contributed by atoms with E-state index in [0.717, 1.165) is 16.7 Å². The molecule has 0 bridgehead atoms. The second kappa shape index (κ2) is 5.24. The number of non-ortho nitro benzene ring substituents is 1. The molecule has 0 aliphatic rings. The molecule has 3 aromatic rings. The summed E-state index contributed by atoms with van der Waals surface area (Å²) in [4.78, 5) is 14.7. The van der Waals surface area contributed by atoms with Crippen LogP contribution in [0.2, 0.25) is 0 Å². The van der Waals surface area contributed by atoms with Crippen molar-refractivity contribution in [2.24, 2.45) is 0 Å². The lowest BCUT2D eigenvalue weighted by Gasteiger charge is -2.08. The molecule has 21 heavy (non-hydrogen) atoms. The number of nitro benzene ring substituents is 1. The van der Waals surface area contributed by atoms with Gasteiger partial charge in [0.2, 0.25) is 0 Å². The zero-order valence-electron chi connectivity index (χ0n) is 11.5. The molecule has 6 heteroatoms. The molecule has 0 radical (unpaired) electrons. The molecule has 1 N–H and O–H groups in total. The fourth-order valence-electron chi connectivity index (χ4n) is 2.13. The third-order valence-corrected chi connectivity index (χ3v) is 3.32. The van der Waals surface area contributed by atoms with Gasteiger partial charge in [-0.1, -0.05) is 17.7 Å². The van der Waals surface area contributed by atoms with Gasteiger partial charge in [0.15, 0.2) is 0 Å². The van der Waals surface area contributed by atoms with Gasteiger partial charge in [-0.3, -0.25) is 10.1 Å². The Morgan fingerprint density at radius 2 is 2.00 bits per heavy atom. The average Bonchev–Trinajstić information content (AvgIpc) is 2.89. The van der Waals surface area contributed by atoms with E-state index < -0.39 is 4.92 Å². The van der Waals surface area contributed by atoms with Gasteiger partial charge in [0.1, 0.15) is 0 Å². The number of benzene rings is 2. The van der Waals surface area contributed by atoms with Crippen LogP contribution < -0.4 is 5.32 Å². The van der Waals surface area contributed by atoms with E-state index in [1.54, 1.807) is 18.5 Å².